The third-order valence-corrected chi connectivity index (χ3v) is 3.61. The SMILES string of the molecule is CC1(C)CCC(CC(C)(O)C(=O)O)CC1. The monoisotopic (exact) mass is 214 g/mol. The second-order valence-electron chi connectivity index (χ2n) is 5.89. The maximum atomic E-state index is 10.8. The molecule has 0 aromatic rings. The van der Waals surface area contributed by atoms with E-state index in [2.05, 4.69) is 13.8 Å². The van der Waals surface area contributed by atoms with Gasteiger partial charge in [0.1, 0.15) is 0 Å². The molecule has 0 saturated heterocycles. The largest absolute Gasteiger partial charge is 0.479 e. The van der Waals surface area contributed by atoms with Gasteiger partial charge in [0.2, 0.25) is 0 Å². The highest BCUT2D eigenvalue weighted by Crippen LogP contribution is 2.40. The molecule has 0 aromatic carbocycles. The molecule has 15 heavy (non-hydrogen) atoms. The summed E-state index contributed by atoms with van der Waals surface area (Å²) in [4.78, 5) is 10.8. The molecule has 3 nitrogen and oxygen atoms in total. The topological polar surface area (TPSA) is 57.5 Å². The maximum absolute atomic E-state index is 10.8. The summed E-state index contributed by atoms with van der Waals surface area (Å²) < 4.78 is 0. The van der Waals surface area contributed by atoms with Gasteiger partial charge in [-0.2, -0.15) is 0 Å². The molecule has 0 heterocycles. The van der Waals surface area contributed by atoms with E-state index < -0.39 is 11.6 Å². The van der Waals surface area contributed by atoms with Gasteiger partial charge in [-0.15, -0.1) is 0 Å². The third kappa shape index (κ3) is 3.49. The molecule has 0 aliphatic heterocycles. The molecule has 1 fully saturated rings. The van der Waals surface area contributed by atoms with Crippen LogP contribution in [0.1, 0.15) is 52.9 Å². The van der Waals surface area contributed by atoms with Gasteiger partial charge in [-0.3, -0.25) is 0 Å². The Balaban J connectivity index is 2.46. The molecule has 0 spiro atoms. The van der Waals surface area contributed by atoms with E-state index in [1.165, 1.54) is 6.92 Å². The number of carboxylic acids is 1. The fourth-order valence-electron chi connectivity index (χ4n) is 2.31. The first kappa shape index (κ1) is 12.5. The van der Waals surface area contributed by atoms with Gasteiger partial charge in [0.05, 0.1) is 0 Å². The third-order valence-electron chi connectivity index (χ3n) is 3.61. The summed E-state index contributed by atoms with van der Waals surface area (Å²) >= 11 is 0. The molecule has 3 heteroatoms. The lowest BCUT2D eigenvalue weighted by atomic mass is 9.70. The first-order valence-electron chi connectivity index (χ1n) is 5.69. The summed E-state index contributed by atoms with van der Waals surface area (Å²) in [5, 5.41) is 18.5. The molecule has 1 unspecified atom stereocenters. The number of hydrogen-bond acceptors (Lipinski definition) is 2. The Labute approximate surface area is 91.5 Å². The normalized spacial score (nSPS) is 25.9. The number of aliphatic hydroxyl groups is 1. The van der Waals surface area contributed by atoms with Gasteiger partial charge in [-0.05, 0) is 50.4 Å². The van der Waals surface area contributed by atoms with Crippen LogP contribution in [-0.2, 0) is 4.79 Å². The highest BCUT2D eigenvalue weighted by molar-refractivity contribution is 5.76. The summed E-state index contributed by atoms with van der Waals surface area (Å²) in [6.45, 7) is 5.90. The molecule has 1 atom stereocenters. The van der Waals surface area contributed by atoms with Crippen molar-refractivity contribution >= 4 is 5.97 Å². The average molecular weight is 214 g/mol. The lowest BCUT2D eigenvalue weighted by Crippen LogP contribution is -2.38. The molecule has 0 radical (unpaired) electrons. The molecule has 0 amide bonds. The van der Waals surface area contributed by atoms with E-state index in [0.717, 1.165) is 25.7 Å². The van der Waals surface area contributed by atoms with Crippen LogP contribution in [0.15, 0.2) is 0 Å². The van der Waals surface area contributed by atoms with Gasteiger partial charge < -0.3 is 10.2 Å². The smallest absolute Gasteiger partial charge is 0.335 e. The number of carboxylic acid groups (broad SMARTS) is 1. The standard InChI is InChI=1S/C12H22O3/c1-11(2)6-4-9(5-7-11)8-12(3,15)10(13)14/h9,15H,4-8H2,1-3H3,(H,13,14). The quantitative estimate of drug-likeness (QED) is 0.758. The lowest BCUT2D eigenvalue weighted by molar-refractivity contribution is -0.158. The van der Waals surface area contributed by atoms with Crippen molar-refractivity contribution in [2.75, 3.05) is 0 Å². The van der Waals surface area contributed by atoms with Crippen LogP contribution in [-0.4, -0.2) is 21.8 Å². The van der Waals surface area contributed by atoms with E-state index in [4.69, 9.17) is 5.11 Å². The summed E-state index contributed by atoms with van der Waals surface area (Å²) in [6, 6.07) is 0. The molecular weight excluding hydrogens is 192 g/mol. The molecule has 1 saturated carbocycles. The van der Waals surface area contributed by atoms with Gasteiger partial charge in [0, 0.05) is 0 Å². The average Bonchev–Trinajstić information content (AvgIpc) is 2.08. The Bertz CT molecular complexity index is 233. The molecule has 0 aromatic heterocycles. The molecule has 0 bridgehead atoms. The van der Waals surface area contributed by atoms with Crippen LogP contribution >= 0.6 is 0 Å². The van der Waals surface area contributed by atoms with Crippen LogP contribution in [0.4, 0.5) is 0 Å². The summed E-state index contributed by atoms with van der Waals surface area (Å²) in [7, 11) is 0. The number of carbonyl (C=O) groups is 1. The predicted molar refractivity (Wildman–Crippen MR) is 58.6 cm³/mol. The van der Waals surface area contributed by atoms with Crippen LogP contribution in [0, 0.1) is 11.3 Å². The van der Waals surface area contributed by atoms with E-state index in [-0.39, 0.29) is 0 Å². The molecule has 1 rings (SSSR count). The highest BCUT2D eigenvalue weighted by Gasteiger charge is 2.36. The Morgan fingerprint density at radius 3 is 2.27 bits per heavy atom. The Morgan fingerprint density at radius 1 is 1.40 bits per heavy atom. The fraction of sp³-hybridized carbons (Fsp3) is 0.917. The predicted octanol–water partition coefficient (Wildman–Crippen LogP) is 2.43. The first-order chi connectivity index (χ1) is 6.73. The Kier molecular flexibility index (Phi) is 3.44. The van der Waals surface area contributed by atoms with Gasteiger partial charge in [0.25, 0.3) is 0 Å². The van der Waals surface area contributed by atoms with Crippen molar-refractivity contribution in [3.8, 4) is 0 Å². The van der Waals surface area contributed by atoms with Gasteiger partial charge in [0.15, 0.2) is 5.60 Å². The minimum atomic E-state index is -1.55. The Morgan fingerprint density at radius 2 is 1.87 bits per heavy atom. The van der Waals surface area contributed by atoms with E-state index in [9.17, 15) is 9.90 Å². The number of aliphatic carboxylic acids is 1. The van der Waals surface area contributed by atoms with Crippen molar-refractivity contribution in [3.05, 3.63) is 0 Å². The molecular formula is C12H22O3. The van der Waals surface area contributed by atoms with Gasteiger partial charge in [-0.1, -0.05) is 13.8 Å². The second-order valence-corrected chi connectivity index (χ2v) is 5.89. The zero-order valence-electron chi connectivity index (χ0n) is 9.92. The van der Waals surface area contributed by atoms with Crippen molar-refractivity contribution in [3.63, 3.8) is 0 Å². The lowest BCUT2D eigenvalue weighted by Gasteiger charge is -2.36. The van der Waals surface area contributed by atoms with Crippen molar-refractivity contribution in [2.45, 2.75) is 58.5 Å². The minimum Gasteiger partial charge on any atom is -0.479 e. The van der Waals surface area contributed by atoms with E-state index in [1.807, 2.05) is 0 Å². The zero-order valence-corrected chi connectivity index (χ0v) is 9.92. The maximum Gasteiger partial charge on any atom is 0.335 e. The van der Waals surface area contributed by atoms with Crippen molar-refractivity contribution in [1.29, 1.82) is 0 Å². The van der Waals surface area contributed by atoms with E-state index in [1.54, 1.807) is 0 Å². The Hall–Kier alpha value is -0.570. The summed E-state index contributed by atoms with van der Waals surface area (Å²) in [5.74, 6) is -0.739. The molecule has 88 valence electrons. The van der Waals surface area contributed by atoms with Crippen molar-refractivity contribution in [1.82, 2.24) is 0 Å². The van der Waals surface area contributed by atoms with Crippen LogP contribution < -0.4 is 0 Å². The highest BCUT2D eigenvalue weighted by atomic mass is 16.4. The van der Waals surface area contributed by atoms with Crippen LogP contribution in [0.5, 0.6) is 0 Å². The number of rotatable bonds is 3. The van der Waals surface area contributed by atoms with Gasteiger partial charge >= 0.3 is 5.97 Å². The summed E-state index contributed by atoms with van der Waals surface area (Å²) in [5.41, 5.74) is -1.16. The molecule has 1 aliphatic carbocycles. The van der Waals surface area contributed by atoms with E-state index >= 15 is 0 Å². The van der Waals surface area contributed by atoms with Crippen LogP contribution in [0.3, 0.4) is 0 Å². The van der Waals surface area contributed by atoms with Crippen molar-refractivity contribution < 1.29 is 15.0 Å². The second kappa shape index (κ2) is 4.12. The molecule has 2 N–H and O–H groups in total. The first-order valence-corrected chi connectivity index (χ1v) is 5.69. The fourth-order valence-corrected chi connectivity index (χ4v) is 2.31. The number of hydrogen-bond donors (Lipinski definition) is 2. The van der Waals surface area contributed by atoms with Crippen LogP contribution in [0.25, 0.3) is 0 Å². The van der Waals surface area contributed by atoms with Crippen molar-refractivity contribution in [2.24, 2.45) is 11.3 Å². The zero-order chi connectivity index (χ0) is 11.7. The minimum absolute atomic E-state index is 0.365. The summed E-state index contributed by atoms with van der Waals surface area (Å²) in [6.07, 6.45) is 4.73. The molecule has 1 aliphatic rings. The van der Waals surface area contributed by atoms with Crippen LogP contribution in [0.2, 0.25) is 0 Å². The van der Waals surface area contributed by atoms with Gasteiger partial charge in [-0.25, -0.2) is 4.79 Å². The van der Waals surface area contributed by atoms with E-state index in [0.29, 0.717) is 17.8 Å².